The van der Waals surface area contributed by atoms with Crippen LogP contribution < -0.4 is 10.6 Å². The Morgan fingerprint density at radius 2 is 1.52 bits per heavy atom. The van der Waals surface area contributed by atoms with E-state index in [0.717, 1.165) is 78.7 Å². The van der Waals surface area contributed by atoms with Gasteiger partial charge < -0.3 is 30.1 Å². The van der Waals surface area contributed by atoms with E-state index >= 15 is 0 Å². The molecule has 48 heavy (non-hydrogen) atoms. The monoisotopic (exact) mass is 655 g/mol. The zero-order chi connectivity index (χ0) is 33.6. The number of unbranched alkanes of at least 4 members (excludes halogenated alkanes) is 2. The van der Waals surface area contributed by atoms with Gasteiger partial charge in [-0.1, -0.05) is 92.4 Å². The van der Waals surface area contributed by atoms with Crippen molar-refractivity contribution in [3.8, 4) is 11.1 Å². The molecule has 0 radical (unpaired) electrons. The van der Waals surface area contributed by atoms with Crippen molar-refractivity contribution >= 4 is 11.8 Å². The fourth-order valence-electron chi connectivity index (χ4n) is 6.65. The van der Waals surface area contributed by atoms with Crippen molar-refractivity contribution in [3.05, 3.63) is 95.1 Å². The third kappa shape index (κ3) is 11.3. The average Bonchev–Trinajstić information content (AvgIpc) is 3.10. The van der Waals surface area contributed by atoms with Crippen LogP contribution in [0, 0.1) is 0 Å². The highest BCUT2D eigenvalue weighted by Crippen LogP contribution is 2.39. The number of hydrogen-bond donors (Lipinski definition) is 3. The standard InChI is InChI=1S/C40H53N3O5/c1-30(45)41-22-7-5-6-13-39(46)42-27-32-11-10-12-36(25-32)33-18-20-35(21-19-33)40-47-37(28-43-23-8-3-2-4-9-24-43)26-38(48-40)34-16-14-31(29-44)15-17-34/h10-12,14-21,25,37-38,40,44H,2-9,13,22-24,26-29H2,1H3,(H,41,45)(H,42,46)/t37-,38+,40+/m1/s1. The van der Waals surface area contributed by atoms with Crippen molar-refractivity contribution in [2.45, 2.75) is 103 Å². The number of aliphatic hydroxyl groups is 1. The van der Waals surface area contributed by atoms with Crippen LogP contribution in [0.3, 0.4) is 0 Å². The molecule has 8 heteroatoms. The molecule has 2 amide bonds. The van der Waals surface area contributed by atoms with E-state index in [9.17, 15) is 14.7 Å². The molecular formula is C40H53N3O5. The molecule has 2 heterocycles. The minimum Gasteiger partial charge on any atom is -0.392 e. The topological polar surface area (TPSA) is 100 Å². The number of likely N-dealkylation sites (tertiary alicyclic amines) is 1. The zero-order valence-corrected chi connectivity index (χ0v) is 28.5. The smallest absolute Gasteiger partial charge is 0.220 e. The Morgan fingerprint density at radius 1 is 0.792 bits per heavy atom. The highest BCUT2D eigenvalue weighted by atomic mass is 16.7. The lowest BCUT2D eigenvalue weighted by molar-refractivity contribution is -0.253. The van der Waals surface area contributed by atoms with Gasteiger partial charge in [0.2, 0.25) is 11.8 Å². The molecule has 0 saturated carbocycles. The van der Waals surface area contributed by atoms with Crippen LogP contribution in [-0.2, 0) is 32.2 Å². The number of rotatable bonds is 14. The highest BCUT2D eigenvalue weighted by molar-refractivity contribution is 5.76. The number of carbonyl (C=O) groups excluding carboxylic acids is 2. The lowest BCUT2D eigenvalue weighted by Gasteiger charge is -2.38. The maximum absolute atomic E-state index is 12.4. The third-order valence-electron chi connectivity index (χ3n) is 9.41. The van der Waals surface area contributed by atoms with Gasteiger partial charge in [0.05, 0.1) is 18.8 Å². The molecule has 0 bridgehead atoms. The molecule has 2 fully saturated rings. The van der Waals surface area contributed by atoms with Gasteiger partial charge in [-0.25, -0.2) is 0 Å². The van der Waals surface area contributed by atoms with Crippen molar-refractivity contribution in [2.75, 3.05) is 26.2 Å². The minimum atomic E-state index is -0.470. The van der Waals surface area contributed by atoms with Gasteiger partial charge in [0, 0.05) is 45.0 Å². The summed E-state index contributed by atoms with van der Waals surface area (Å²) in [6.07, 6.45) is 9.82. The van der Waals surface area contributed by atoms with E-state index in [2.05, 4.69) is 64.1 Å². The maximum Gasteiger partial charge on any atom is 0.220 e. The van der Waals surface area contributed by atoms with E-state index in [0.29, 0.717) is 19.5 Å². The molecule has 8 nitrogen and oxygen atoms in total. The predicted octanol–water partition coefficient (Wildman–Crippen LogP) is 6.97. The predicted molar refractivity (Wildman–Crippen MR) is 189 cm³/mol. The van der Waals surface area contributed by atoms with Gasteiger partial charge in [-0.2, -0.15) is 0 Å². The van der Waals surface area contributed by atoms with Crippen molar-refractivity contribution in [1.29, 1.82) is 0 Å². The number of aliphatic hydroxyl groups excluding tert-OH is 1. The van der Waals surface area contributed by atoms with Gasteiger partial charge in [-0.05, 0) is 72.7 Å². The second-order valence-corrected chi connectivity index (χ2v) is 13.3. The Labute approximate surface area is 286 Å². The molecule has 3 atom stereocenters. The van der Waals surface area contributed by atoms with Crippen molar-refractivity contribution in [3.63, 3.8) is 0 Å². The zero-order valence-electron chi connectivity index (χ0n) is 28.5. The Balaban J connectivity index is 1.20. The Hall–Kier alpha value is -3.56. The molecule has 0 aromatic heterocycles. The molecule has 3 N–H and O–H groups in total. The van der Waals surface area contributed by atoms with Crippen LogP contribution in [0.4, 0.5) is 0 Å². The summed E-state index contributed by atoms with van der Waals surface area (Å²) in [6, 6.07) is 24.8. The van der Waals surface area contributed by atoms with Crippen molar-refractivity contribution < 1.29 is 24.2 Å². The minimum absolute atomic E-state index is 0.0172. The lowest BCUT2D eigenvalue weighted by Crippen LogP contribution is -2.40. The first-order chi connectivity index (χ1) is 23.5. The number of benzene rings is 3. The van der Waals surface area contributed by atoms with Crippen LogP contribution in [-0.4, -0.2) is 54.1 Å². The van der Waals surface area contributed by atoms with Gasteiger partial charge >= 0.3 is 0 Å². The van der Waals surface area contributed by atoms with Crippen LogP contribution in [0.2, 0.25) is 0 Å². The summed E-state index contributed by atoms with van der Waals surface area (Å²) in [5.74, 6) is 0.0282. The molecule has 3 aromatic carbocycles. The van der Waals surface area contributed by atoms with Crippen molar-refractivity contribution in [1.82, 2.24) is 15.5 Å². The molecule has 2 aliphatic rings. The number of nitrogens with one attached hydrogen (secondary N) is 2. The second-order valence-electron chi connectivity index (χ2n) is 13.3. The summed E-state index contributed by atoms with van der Waals surface area (Å²) in [5, 5.41) is 15.4. The summed E-state index contributed by atoms with van der Waals surface area (Å²) >= 11 is 0. The van der Waals surface area contributed by atoms with E-state index in [1.54, 1.807) is 0 Å². The number of amides is 2. The Kier molecular flexibility index (Phi) is 14.0. The fraction of sp³-hybridized carbons (Fsp3) is 0.500. The first-order valence-corrected chi connectivity index (χ1v) is 17.9. The summed E-state index contributed by atoms with van der Waals surface area (Å²) in [6.45, 7) is 5.85. The third-order valence-corrected chi connectivity index (χ3v) is 9.41. The van der Waals surface area contributed by atoms with Crippen LogP contribution in [0.1, 0.15) is 106 Å². The van der Waals surface area contributed by atoms with Gasteiger partial charge in [-0.15, -0.1) is 0 Å². The maximum atomic E-state index is 12.4. The second kappa shape index (κ2) is 18.8. The van der Waals surface area contributed by atoms with E-state index < -0.39 is 6.29 Å². The highest BCUT2D eigenvalue weighted by Gasteiger charge is 2.33. The van der Waals surface area contributed by atoms with Gasteiger partial charge in [0.25, 0.3) is 0 Å². The van der Waals surface area contributed by atoms with E-state index in [1.165, 1.54) is 39.0 Å². The Morgan fingerprint density at radius 3 is 2.25 bits per heavy atom. The Bertz CT molecular complexity index is 1420. The summed E-state index contributed by atoms with van der Waals surface area (Å²) in [5.41, 5.74) is 6.24. The molecular weight excluding hydrogens is 602 g/mol. The molecule has 3 aromatic rings. The SMILES string of the molecule is CC(=O)NCCCCCC(=O)NCc1cccc(-c2ccc([C@H]3O[C@@H](CN4CCCCCCC4)C[C@@H](c4ccc(CO)cc4)O3)cc2)c1. The molecule has 2 saturated heterocycles. The molecule has 0 unspecified atom stereocenters. The fourth-order valence-corrected chi connectivity index (χ4v) is 6.65. The average molecular weight is 656 g/mol. The van der Waals surface area contributed by atoms with Crippen LogP contribution in [0.5, 0.6) is 0 Å². The molecule has 258 valence electrons. The van der Waals surface area contributed by atoms with E-state index in [4.69, 9.17) is 9.47 Å². The lowest BCUT2D eigenvalue weighted by atomic mass is 9.98. The van der Waals surface area contributed by atoms with Crippen LogP contribution in [0.15, 0.2) is 72.8 Å². The summed E-state index contributed by atoms with van der Waals surface area (Å²) < 4.78 is 13.3. The number of ether oxygens (including phenoxy) is 2. The van der Waals surface area contributed by atoms with E-state index in [-0.39, 0.29) is 30.6 Å². The quantitative estimate of drug-likeness (QED) is 0.162. The van der Waals surface area contributed by atoms with Crippen LogP contribution >= 0.6 is 0 Å². The van der Waals surface area contributed by atoms with Gasteiger partial charge in [0.1, 0.15) is 0 Å². The first-order valence-electron chi connectivity index (χ1n) is 17.9. The largest absolute Gasteiger partial charge is 0.392 e. The number of carbonyl (C=O) groups is 2. The van der Waals surface area contributed by atoms with Gasteiger partial charge in [-0.3, -0.25) is 9.59 Å². The molecule has 2 aliphatic heterocycles. The number of nitrogens with zero attached hydrogens (tertiary/aromatic N) is 1. The van der Waals surface area contributed by atoms with Crippen LogP contribution in [0.25, 0.3) is 11.1 Å². The first kappa shape index (κ1) is 35.7. The normalized spacial score (nSPS) is 20.4. The van der Waals surface area contributed by atoms with E-state index in [1.807, 2.05) is 24.3 Å². The summed E-state index contributed by atoms with van der Waals surface area (Å²) in [7, 11) is 0. The summed E-state index contributed by atoms with van der Waals surface area (Å²) in [4.78, 5) is 25.9. The molecule has 0 aliphatic carbocycles. The molecule has 0 spiro atoms. The number of hydrogen-bond acceptors (Lipinski definition) is 6. The molecule has 5 rings (SSSR count). The van der Waals surface area contributed by atoms with Crippen molar-refractivity contribution in [2.24, 2.45) is 0 Å². The van der Waals surface area contributed by atoms with Gasteiger partial charge in [0.15, 0.2) is 6.29 Å².